The molecule has 0 aliphatic heterocycles. The summed E-state index contributed by atoms with van der Waals surface area (Å²) in [5, 5.41) is 46.2. The van der Waals surface area contributed by atoms with E-state index in [1.165, 1.54) is 0 Å². The van der Waals surface area contributed by atoms with Crippen LogP contribution in [0.4, 0.5) is 5.69 Å². The maximum Gasteiger partial charge on any atom is 0.269 e. The predicted octanol–water partition coefficient (Wildman–Crippen LogP) is 1.72. The van der Waals surface area contributed by atoms with E-state index < -0.39 is 28.5 Å². The van der Waals surface area contributed by atoms with E-state index in [0.717, 1.165) is 24.3 Å². The number of rotatable bonds is 5. The monoisotopic (exact) mass is 293 g/mol. The molecule has 1 rings (SSSR count). The summed E-state index contributed by atoms with van der Waals surface area (Å²) in [5.41, 5.74) is -0.246. The third kappa shape index (κ3) is 3.22. The highest BCUT2D eigenvalue weighted by atomic mass is 16.6. The summed E-state index contributed by atoms with van der Waals surface area (Å²) in [6.45, 7) is 0. The Hall–Kier alpha value is -3.75. The molecule has 0 fully saturated rings. The second-order valence-electron chi connectivity index (χ2n) is 4.17. The van der Waals surface area contributed by atoms with E-state index in [2.05, 4.69) is 0 Å². The lowest BCUT2D eigenvalue weighted by Crippen LogP contribution is -2.29. The standard InChI is InChI=1S/C14H7N5O3/c15-5-10(6-16)13(11(7-17)8-18)14(20)9-1-3-12(4-2-9)19(21)22/h1-4,10-11,13H. The molecule has 22 heavy (non-hydrogen) atoms. The Bertz CT molecular complexity index is 698. The highest BCUT2D eigenvalue weighted by Crippen LogP contribution is 2.26. The van der Waals surface area contributed by atoms with Gasteiger partial charge in [-0.25, -0.2) is 0 Å². The average molecular weight is 293 g/mol. The molecule has 0 aliphatic carbocycles. The summed E-state index contributed by atoms with van der Waals surface area (Å²) in [4.78, 5) is 22.3. The molecule has 0 N–H and O–H groups in total. The number of hydrogen-bond donors (Lipinski definition) is 0. The van der Waals surface area contributed by atoms with Crippen LogP contribution in [0.2, 0.25) is 0 Å². The van der Waals surface area contributed by atoms with Crippen LogP contribution in [-0.4, -0.2) is 10.7 Å². The second kappa shape index (κ2) is 7.14. The molecule has 0 amide bonds. The van der Waals surface area contributed by atoms with E-state index in [4.69, 9.17) is 21.0 Å². The molecule has 8 heteroatoms. The number of Topliss-reactive ketones (excluding diaryl/α,β-unsaturated/α-hetero) is 1. The van der Waals surface area contributed by atoms with E-state index in [1.807, 2.05) is 0 Å². The first-order chi connectivity index (χ1) is 10.5. The van der Waals surface area contributed by atoms with Gasteiger partial charge >= 0.3 is 0 Å². The van der Waals surface area contributed by atoms with E-state index in [1.54, 1.807) is 24.3 Å². The van der Waals surface area contributed by atoms with Crippen molar-refractivity contribution in [1.82, 2.24) is 0 Å². The molecule has 1 aromatic carbocycles. The minimum atomic E-state index is -1.47. The minimum Gasteiger partial charge on any atom is -0.294 e. The zero-order valence-electron chi connectivity index (χ0n) is 11.0. The molecule has 0 spiro atoms. The van der Waals surface area contributed by atoms with Crippen molar-refractivity contribution in [3.8, 4) is 24.3 Å². The van der Waals surface area contributed by atoms with Crippen LogP contribution in [0.1, 0.15) is 10.4 Å². The Morgan fingerprint density at radius 3 is 1.68 bits per heavy atom. The Morgan fingerprint density at radius 1 is 0.955 bits per heavy atom. The molecule has 0 radical (unpaired) electrons. The van der Waals surface area contributed by atoms with Crippen LogP contribution in [0.25, 0.3) is 0 Å². The predicted molar refractivity (Wildman–Crippen MR) is 70.3 cm³/mol. The first kappa shape index (κ1) is 16.3. The van der Waals surface area contributed by atoms with Gasteiger partial charge in [-0.15, -0.1) is 0 Å². The number of hydrogen-bond acceptors (Lipinski definition) is 7. The van der Waals surface area contributed by atoms with Crippen molar-refractivity contribution in [3.05, 3.63) is 39.9 Å². The lowest BCUT2D eigenvalue weighted by Gasteiger charge is -2.16. The Balaban J connectivity index is 3.27. The number of non-ortho nitro benzene ring substituents is 1. The van der Waals surface area contributed by atoms with Crippen molar-refractivity contribution in [2.24, 2.45) is 17.8 Å². The molecule has 0 heterocycles. The normalized spacial score (nSPS) is 9.59. The third-order valence-electron chi connectivity index (χ3n) is 2.94. The number of nitriles is 4. The highest BCUT2D eigenvalue weighted by molar-refractivity contribution is 5.99. The Labute approximate surface area is 125 Å². The molecule has 0 saturated heterocycles. The van der Waals surface area contributed by atoms with Gasteiger partial charge in [-0.2, -0.15) is 21.0 Å². The number of carbonyl (C=O) groups is 1. The summed E-state index contributed by atoms with van der Waals surface area (Å²) >= 11 is 0. The fourth-order valence-electron chi connectivity index (χ4n) is 1.81. The van der Waals surface area contributed by atoms with Crippen LogP contribution in [0.15, 0.2) is 24.3 Å². The van der Waals surface area contributed by atoms with Gasteiger partial charge in [0.1, 0.15) is 11.8 Å². The van der Waals surface area contributed by atoms with Crippen LogP contribution in [0.3, 0.4) is 0 Å². The molecule has 0 aromatic heterocycles. The minimum absolute atomic E-state index is 0.0124. The highest BCUT2D eigenvalue weighted by Gasteiger charge is 2.37. The molecular formula is C14H7N5O3. The average Bonchev–Trinajstić information content (AvgIpc) is 2.54. The van der Waals surface area contributed by atoms with Crippen LogP contribution in [0.5, 0.6) is 0 Å². The van der Waals surface area contributed by atoms with Crippen molar-refractivity contribution in [1.29, 1.82) is 21.0 Å². The molecule has 106 valence electrons. The van der Waals surface area contributed by atoms with E-state index >= 15 is 0 Å². The summed E-state index contributed by atoms with van der Waals surface area (Å²) < 4.78 is 0. The van der Waals surface area contributed by atoms with Crippen LogP contribution in [-0.2, 0) is 0 Å². The number of benzene rings is 1. The lowest BCUT2D eigenvalue weighted by molar-refractivity contribution is -0.384. The summed E-state index contributed by atoms with van der Waals surface area (Å²) in [7, 11) is 0. The van der Waals surface area contributed by atoms with Gasteiger partial charge in [0.25, 0.3) is 5.69 Å². The van der Waals surface area contributed by atoms with Crippen molar-refractivity contribution >= 4 is 11.5 Å². The number of carbonyl (C=O) groups excluding carboxylic acids is 1. The van der Waals surface area contributed by atoms with Gasteiger partial charge < -0.3 is 0 Å². The Morgan fingerprint density at radius 2 is 1.36 bits per heavy atom. The van der Waals surface area contributed by atoms with Gasteiger partial charge in [0.05, 0.1) is 35.1 Å². The van der Waals surface area contributed by atoms with Crippen LogP contribution >= 0.6 is 0 Å². The molecule has 0 aliphatic rings. The zero-order chi connectivity index (χ0) is 16.7. The summed E-state index contributed by atoms with van der Waals surface area (Å²) in [5.74, 6) is -5.12. The molecule has 0 bridgehead atoms. The fourth-order valence-corrected chi connectivity index (χ4v) is 1.81. The maximum absolute atomic E-state index is 12.4. The second-order valence-corrected chi connectivity index (χ2v) is 4.17. The number of nitro benzene ring substituents is 1. The van der Waals surface area contributed by atoms with Gasteiger partial charge in [0.15, 0.2) is 5.78 Å². The summed E-state index contributed by atoms with van der Waals surface area (Å²) in [6.07, 6.45) is 0. The summed E-state index contributed by atoms with van der Waals surface area (Å²) in [6, 6.07) is 10.8. The number of nitrogens with zero attached hydrogens (tertiary/aromatic N) is 5. The maximum atomic E-state index is 12.4. The van der Waals surface area contributed by atoms with Crippen molar-refractivity contribution in [3.63, 3.8) is 0 Å². The van der Waals surface area contributed by atoms with Crippen LogP contribution < -0.4 is 0 Å². The van der Waals surface area contributed by atoms with E-state index in [-0.39, 0.29) is 11.3 Å². The molecule has 0 saturated carbocycles. The topological polar surface area (TPSA) is 155 Å². The SMILES string of the molecule is N#CC(C#N)C(C(=O)c1ccc([N+](=O)[O-])cc1)C(C#N)C#N. The van der Waals surface area contributed by atoms with Crippen LogP contribution in [0, 0.1) is 73.2 Å². The van der Waals surface area contributed by atoms with Gasteiger partial charge in [0.2, 0.25) is 0 Å². The lowest BCUT2D eigenvalue weighted by atomic mass is 9.79. The van der Waals surface area contributed by atoms with Gasteiger partial charge in [-0.3, -0.25) is 14.9 Å². The molecular weight excluding hydrogens is 286 g/mol. The largest absolute Gasteiger partial charge is 0.294 e. The number of nitro groups is 1. The van der Waals surface area contributed by atoms with Crippen molar-refractivity contribution in [2.45, 2.75) is 0 Å². The Kier molecular flexibility index (Phi) is 5.29. The van der Waals surface area contributed by atoms with Gasteiger partial charge in [-0.1, -0.05) is 0 Å². The number of ketones is 1. The first-order valence-corrected chi connectivity index (χ1v) is 5.87. The molecule has 8 nitrogen and oxygen atoms in total. The first-order valence-electron chi connectivity index (χ1n) is 5.87. The van der Waals surface area contributed by atoms with Gasteiger partial charge in [0, 0.05) is 17.7 Å². The molecule has 0 unspecified atom stereocenters. The molecule has 1 aromatic rings. The van der Waals surface area contributed by atoms with Crippen molar-refractivity contribution < 1.29 is 9.72 Å². The third-order valence-corrected chi connectivity index (χ3v) is 2.94. The zero-order valence-corrected chi connectivity index (χ0v) is 11.0. The smallest absolute Gasteiger partial charge is 0.269 e. The fraction of sp³-hybridized carbons (Fsp3) is 0.214. The quantitative estimate of drug-likeness (QED) is 0.454. The van der Waals surface area contributed by atoms with Crippen molar-refractivity contribution in [2.75, 3.05) is 0 Å². The molecule has 0 atom stereocenters. The van der Waals surface area contributed by atoms with Gasteiger partial charge in [-0.05, 0) is 12.1 Å². The van der Waals surface area contributed by atoms with E-state index in [0.29, 0.717) is 0 Å². The van der Waals surface area contributed by atoms with E-state index in [9.17, 15) is 14.9 Å².